The first kappa shape index (κ1) is 17.2. The molecule has 0 bridgehead atoms. The summed E-state index contributed by atoms with van der Waals surface area (Å²) in [5.41, 5.74) is 7.60. The normalized spacial score (nSPS) is 28.0. The highest BCUT2D eigenvalue weighted by molar-refractivity contribution is 8.07. The highest BCUT2D eigenvalue weighted by Gasteiger charge is 2.29. The average Bonchev–Trinajstić information content (AvgIpc) is 2.91. The van der Waals surface area contributed by atoms with E-state index >= 15 is 0 Å². The molecule has 120 valence electrons. The van der Waals surface area contributed by atoms with Gasteiger partial charge in [-0.2, -0.15) is 28.6 Å². The van der Waals surface area contributed by atoms with Gasteiger partial charge in [-0.05, 0) is 18.9 Å². The summed E-state index contributed by atoms with van der Waals surface area (Å²) in [6, 6.07) is 2.88. The Balaban J connectivity index is 1.92. The zero-order valence-electron chi connectivity index (χ0n) is 13.7. The van der Waals surface area contributed by atoms with Crippen molar-refractivity contribution in [2.75, 3.05) is 5.75 Å². The predicted molar refractivity (Wildman–Crippen MR) is 96.3 cm³/mol. The Morgan fingerprint density at radius 2 is 2.05 bits per heavy atom. The summed E-state index contributed by atoms with van der Waals surface area (Å²) < 4.78 is 2.12. The fourth-order valence-corrected chi connectivity index (χ4v) is 5.82. The Labute approximate surface area is 137 Å². The Morgan fingerprint density at radius 3 is 2.67 bits per heavy atom. The van der Waals surface area contributed by atoms with Crippen LogP contribution in [-0.2, 0) is 6.42 Å². The summed E-state index contributed by atoms with van der Waals surface area (Å²) in [7, 11) is 0. The summed E-state index contributed by atoms with van der Waals surface area (Å²) in [5, 5.41) is 6.74. The third-order valence-electron chi connectivity index (χ3n) is 4.48. The van der Waals surface area contributed by atoms with E-state index in [4.69, 9.17) is 10.8 Å². The van der Waals surface area contributed by atoms with Crippen molar-refractivity contribution in [2.24, 2.45) is 5.73 Å². The third kappa shape index (κ3) is 4.42. The minimum atomic E-state index is 0.211. The van der Waals surface area contributed by atoms with Gasteiger partial charge in [0.1, 0.15) is 0 Å². The maximum absolute atomic E-state index is 6.46. The van der Waals surface area contributed by atoms with Crippen LogP contribution in [0.1, 0.15) is 52.3 Å². The summed E-state index contributed by atoms with van der Waals surface area (Å²) in [4.78, 5) is 0. The standard InChI is InChI=1S/C16H29N3S2/c1-5-14(6-2)19-8-7-13(18-19)9-15(17)16-10-20-11(3)12(4)21-16/h7-8,11-12,14-16H,5-6,9-10,17H2,1-4H3. The molecule has 0 aliphatic carbocycles. The van der Waals surface area contributed by atoms with Crippen LogP contribution in [0.15, 0.2) is 12.3 Å². The molecule has 21 heavy (non-hydrogen) atoms. The fourth-order valence-electron chi connectivity index (χ4n) is 2.76. The van der Waals surface area contributed by atoms with Crippen LogP contribution in [0.4, 0.5) is 0 Å². The van der Waals surface area contributed by atoms with Gasteiger partial charge >= 0.3 is 0 Å². The van der Waals surface area contributed by atoms with Gasteiger partial charge in [0.25, 0.3) is 0 Å². The molecule has 2 rings (SSSR count). The first-order chi connectivity index (χ1) is 10.0. The molecule has 1 aromatic heterocycles. The fraction of sp³-hybridized carbons (Fsp3) is 0.812. The van der Waals surface area contributed by atoms with Crippen LogP contribution in [-0.4, -0.2) is 37.3 Å². The van der Waals surface area contributed by atoms with Crippen LogP contribution < -0.4 is 5.73 Å². The predicted octanol–water partition coefficient (Wildman–Crippen LogP) is 3.74. The molecule has 2 heterocycles. The highest BCUT2D eigenvalue weighted by Crippen LogP contribution is 2.37. The van der Waals surface area contributed by atoms with Crippen molar-refractivity contribution >= 4 is 23.5 Å². The topological polar surface area (TPSA) is 43.8 Å². The molecule has 0 aromatic carbocycles. The van der Waals surface area contributed by atoms with E-state index in [1.54, 1.807) is 0 Å². The maximum Gasteiger partial charge on any atom is 0.0640 e. The molecule has 0 spiro atoms. The first-order valence-electron chi connectivity index (χ1n) is 8.11. The van der Waals surface area contributed by atoms with Crippen molar-refractivity contribution in [3.63, 3.8) is 0 Å². The van der Waals surface area contributed by atoms with Gasteiger partial charge in [-0.15, -0.1) is 0 Å². The van der Waals surface area contributed by atoms with E-state index in [1.165, 1.54) is 5.75 Å². The van der Waals surface area contributed by atoms with Crippen molar-refractivity contribution in [1.82, 2.24) is 9.78 Å². The second kappa shape index (κ2) is 7.93. The Hall–Kier alpha value is -0.130. The van der Waals surface area contributed by atoms with E-state index in [9.17, 15) is 0 Å². The van der Waals surface area contributed by atoms with Gasteiger partial charge in [0.2, 0.25) is 0 Å². The van der Waals surface area contributed by atoms with Crippen LogP contribution in [0.25, 0.3) is 0 Å². The second-order valence-electron chi connectivity index (χ2n) is 6.04. The number of hydrogen-bond donors (Lipinski definition) is 1. The largest absolute Gasteiger partial charge is 0.326 e. The monoisotopic (exact) mass is 327 g/mol. The average molecular weight is 328 g/mol. The van der Waals surface area contributed by atoms with Crippen LogP contribution >= 0.6 is 23.5 Å². The van der Waals surface area contributed by atoms with Gasteiger partial charge in [0.05, 0.1) is 11.7 Å². The maximum atomic E-state index is 6.46. The second-order valence-corrected chi connectivity index (χ2v) is 9.07. The molecule has 0 radical (unpaired) electrons. The third-order valence-corrected chi connectivity index (χ3v) is 8.05. The molecule has 4 unspecified atom stereocenters. The van der Waals surface area contributed by atoms with E-state index in [1.807, 2.05) is 0 Å². The number of rotatable bonds is 6. The van der Waals surface area contributed by atoms with Crippen molar-refractivity contribution in [2.45, 2.75) is 74.8 Å². The van der Waals surface area contributed by atoms with Crippen molar-refractivity contribution < 1.29 is 0 Å². The van der Waals surface area contributed by atoms with E-state index < -0.39 is 0 Å². The summed E-state index contributed by atoms with van der Waals surface area (Å²) in [5.74, 6) is 1.17. The molecule has 5 heteroatoms. The summed E-state index contributed by atoms with van der Waals surface area (Å²) in [6.45, 7) is 9.09. The van der Waals surface area contributed by atoms with Crippen molar-refractivity contribution in [3.8, 4) is 0 Å². The van der Waals surface area contributed by atoms with Crippen LogP contribution in [0.5, 0.6) is 0 Å². The Morgan fingerprint density at radius 1 is 1.33 bits per heavy atom. The highest BCUT2D eigenvalue weighted by atomic mass is 32.2. The quantitative estimate of drug-likeness (QED) is 0.864. The van der Waals surface area contributed by atoms with Gasteiger partial charge in [-0.3, -0.25) is 4.68 Å². The van der Waals surface area contributed by atoms with Gasteiger partial charge in [-0.1, -0.05) is 27.7 Å². The van der Waals surface area contributed by atoms with Crippen LogP contribution in [0.2, 0.25) is 0 Å². The number of hydrogen-bond acceptors (Lipinski definition) is 4. The molecule has 4 atom stereocenters. The van der Waals surface area contributed by atoms with E-state index in [2.05, 4.69) is 68.2 Å². The van der Waals surface area contributed by atoms with Crippen LogP contribution in [0.3, 0.4) is 0 Å². The molecular formula is C16H29N3S2. The lowest BCUT2D eigenvalue weighted by atomic mass is 10.1. The number of nitrogens with two attached hydrogens (primary N) is 1. The lowest BCUT2D eigenvalue weighted by molar-refractivity contribution is 0.424. The molecule has 1 aliphatic heterocycles. The lowest BCUT2D eigenvalue weighted by Gasteiger charge is -2.34. The number of nitrogens with zero attached hydrogens (tertiary/aromatic N) is 2. The van der Waals surface area contributed by atoms with Crippen LogP contribution in [0, 0.1) is 0 Å². The summed E-state index contributed by atoms with van der Waals surface area (Å²) >= 11 is 4.13. The Bertz CT molecular complexity index is 431. The van der Waals surface area contributed by atoms with E-state index in [0.717, 1.165) is 30.2 Å². The molecule has 1 aromatic rings. The molecule has 1 saturated heterocycles. The van der Waals surface area contributed by atoms with E-state index in [-0.39, 0.29) is 6.04 Å². The lowest BCUT2D eigenvalue weighted by Crippen LogP contribution is -2.41. The molecular weight excluding hydrogens is 298 g/mol. The molecule has 0 amide bonds. The van der Waals surface area contributed by atoms with Crippen molar-refractivity contribution in [3.05, 3.63) is 18.0 Å². The number of aromatic nitrogens is 2. The van der Waals surface area contributed by atoms with Gasteiger partial charge < -0.3 is 5.73 Å². The van der Waals surface area contributed by atoms with Gasteiger partial charge in [0, 0.05) is 40.2 Å². The smallest absolute Gasteiger partial charge is 0.0640 e. The zero-order chi connectivity index (χ0) is 15.4. The van der Waals surface area contributed by atoms with Gasteiger partial charge in [0.15, 0.2) is 0 Å². The minimum Gasteiger partial charge on any atom is -0.326 e. The van der Waals surface area contributed by atoms with E-state index in [0.29, 0.717) is 16.5 Å². The first-order valence-corrected chi connectivity index (χ1v) is 10.1. The zero-order valence-corrected chi connectivity index (χ0v) is 15.3. The number of thioether (sulfide) groups is 2. The Kier molecular flexibility index (Phi) is 6.51. The molecule has 0 saturated carbocycles. The molecule has 1 aliphatic rings. The molecule has 1 fully saturated rings. The molecule has 2 N–H and O–H groups in total. The SMILES string of the molecule is CCC(CC)n1ccc(CC(N)C2CSC(C)C(C)S2)n1. The summed E-state index contributed by atoms with van der Waals surface area (Å²) in [6.07, 6.45) is 5.28. The minimum absolute atomic E-state index is 0.211. The molecule has 3 nitrogen and oxygen atoms in total. The van der Waals surface area contributed by atoms with Crippen molar-refractivity contribution in [1.29, 1.82) is 0 Å². The van der Waals surface area contributed by atoms with Gasteiger partial charge in [-0.25, -0.2) is 0 Å².